The minimum Gasteiger partial charge on any atom is -0.458 e. The first-order valence-electron chi connectivity index (χ1n) is 10.6. The summed E-state index contributed by atoms with van der Waals surface area (Å²) in [6.07, 6.45) is 0.176. The van der Waals surface area contributed by atoms with Crippen molar-refractivity contribution in [2.75, 3.05) is 0 Å². The molecule has 1 aliphatic heterocycles. The molecule has 1 atom stereocenters. The largest absolute Gasteiger partial charge is 0.458 e. The van der Waals surface area contributed by atoms with Crippen LogP contribution >= 0.6 is 0 Å². The number of fused-ring (bicyclic) bond motifs is 1. The Morgan fingerprint density at radius 2 is 1.28 bits per heavy atom. The number of ether oxygens (including phenoxy) is 1. The normalized spacial score (nSPS) is 14.3. The SMILES string of the molecule is CC(C)(C)OC(=O)[C@H](Cc1ccc(-c2ccccc2)cc1)N1C(=O)c2ccccc2C1=O. The van der Waals surface area contributed by atoms with Crippen molar-refractivity contribution in [1.29, 1.82) is 0 Å². The molecule has 32 heavy (non-hydrogen) atoms. The van der Waals surface area contributed by atoms with Gasteiger partial charge in [-0.05, 0) is 49.6 Å². The summed E-state index contributed by atoms with van der Waals surface area (Å²) >= 11 is 0. The Labute approximate surface area is 187 Å². The van der Waals surface area contributed by atoms with Crippen molar-refractivity contribution >= 4 is 17.8 Å². The number of benzene rings is 3. The summed E-state index contributed by atoms with van der Waals surface area (Å²) in [5.74, 6) is -1.54. The summed E-state index contributed by atoms with van der Waals surface area (Å²) in [6.45, 7) is 5.29. The van der Waals surface area contributed by atoms with E-state index < -0.39 is 29.4 Å². The van der Waals surface area contributed by atoms with Gasteiger partial charge in [0.2, 0.25) is 0 Å². The van der Waals surface area contributed by atoms with Gasteiger partial charge in [0.15, 0.2) is 0 Å². The van der Waals surface area contributed by atoms with Crippen LogP contribution in [0.15, 0.2) is 78.9 Å². The number of carbonyl (C=O) groups is 3. The fourth-order valence-corrected chi connectivity index (χ4v) is 3.83. The number of esters is 1. The number of nitrogens with zero attached hydrogens (tertiary/aromatic N) is 1. The zero-order valence-corrected chi connectivity index (χ0v) is 18.4. The lowest BCUT2D eigenvalue weighted by molar-refractivity contribution is -0.159. The van der Waals surface area contributed by atoms with Gasteiger partial charge in [0.1, 0.15) is 11.6 Å². The van der Waals surface area contributed by atoms with E-state index in [0.29, 0.717) is 11.1 Å². The molecule has 3 aromatic rings. The molecule has 0 unspecified atom stereocenters. The summed E-state index contributed by atoms with van der Waals surface area (Å²) in [5.41, 5.74) is 2.84. The highest BCUT2D eigenvalue weighted by atomic mass is 16.6. The molecular weight excluding hydrogens is 402 g/mol. The van der Waals surface area contributed by atoms with E-state index in [9.17, 15) is 14.4 Å². The number of amides is 2. The van der Waals surface area contributed by atoms with E-state index in [1.807, 2.05) is 54.6 Å². The monoisotopic (exact) mass is 427 g/mol. The van der Waals surface area contributed by atoms with Crippen LogP contribution in [0.3, 0.4) is 0 Å². The Bertz CT molecular complexity index is 1130. The molecule has 0 spiro atoms. The molecule has 0 aromatic heterocycles. The first kappa shape index (κ1) is 21.5. The Kier molecular flexibility index (Phi) is 5.66. The predicted molar refractivity (Wildman–Crippen MR) is 122 cm³/mol. The predicted octanol–water partition coefficient (Wildman–Crippen LogP) is 4.90. The molecule has 0 radical (unpaired) electrons. The number of imide groups is 1. The highest BCUT2D eigenvalue weighted by Crippen LogP contribution is 2.28. The molecule has 3 aromatic carbocycles. The molecule has 5 heteroatoms. The van der Waals surface area contributed by atoms with Gasteiger partial charge in [0, 0.05) is 6.42 Å². The van der Waals surface area contributed by atoms with E-state index in [1.165, 1.54) is 0 Å². The van der Waals surface area contributed by atoms with E-state index in [2.05, 4.69) is 0 Å². The van der Waals surface area contributed by atoms with Gasteiger partial charge in [-0.15, -0.1) is 0 Å². The van der Waals surface area contributed by atoms with Crippen LogP contribution in [0.2, 0.25) is 0 Å². The molecular formula is C27H25NO4. The minimum atomic E-state index is -1.05. The van der Waals surface area contributed by atoms with Crippen molar-refractivity contribution in [1.82, 2.24) is 4.90 Å². The van der Waals surface area contributed by atoms with Gasteiger partial charge in [-0.3, -0.25) is 14.5 Å². The summed E-state index contributed by atoms with van der Waals surface area (Å²) in [4.78, 5) is 40.2. The minimum absolute atomic E-state index is 0.176. The van der Waals surface area contributed by atoms with Crippen molar-refractivity contribution in [3.63, 3.8) is 0 Å². The van der Waals surface area contributed by atoms with Crippen molar-refractivity contribution in [3.05, 3.63) is 95.6 Å². The van der Waals surface area contributed by atoms with Crippen LogP contribution in [0.1, 0.15) is 47.1 Å². The maximum atomic E-state index is 13.1. The number of hydrogen-bond acceptors (Lipinski definition) is 4. The van der Waals surface area contributed by atoms with Crippen LogP contribution in [0.4, 0.5) is 0 Å². The lowest BCUT2D eigenvalue weighted by Gasteiger charge is -2.28. The third kappa shape index (κ3) is 4.33. The Morgan fingerprint density at radius 3 is 1.81 bits per heavy atom. The van der Waals surface area contributed by atoms with Gasteiger partial charge in [-0.1, -0.05) is 66.7 Å². The third-order valence-corrected chi connectivity index (χ3v) is 5.31. The molecule has 0 saturated heterocycles. The number of carbonyl (C=O) groups excluding carboxylic acids is 3. The zero-order chi connectivity index (χ0) is 22.9. The van der Waals surface area contributed by atoms with Crippen LogP contribution in [-0.2, 0) is 16.0 Å². The fourth-order valence-electron chi connectivity index (χ4n) is 3.83. The van der Waals surface area contributed by atoms with E-state index >= 15 is 0 Å². The molecule has 1 aliphatic rings. The lowest BCUT2D eigenvalue weighted by atomic mass is 10.00. The summed E-state index contributed by atoms with van der Waals surface area (Å²) in [7, 11) is 0. The topological polar surface area (TPSA) is 63.7 Å². The first-order valence-corrected chi connectivity index (χ1v) is 10.6. The van der Waals surface area contributed by atoms with E-state index in [4.69, 9.17) is 4.74 Å². The van der Waals surface area contributed by atoms with E-state index in [1.54, 1.807) is 45.0 Å². The highest BCUT2D eigenvalue weighted by Gasteiger charge is 2.44. The lowest BCUT2D eigenvalue weighted by Crippen LogP contribution is -2.48. The molecule has 0 N–H and O–H groups in total. The average Bonchev–Trinajstić information content (AvgIpc) is 3.02. The quantitative estimate of drug-likeness (QED) is 0.429. The van der Waals surface area contributed by atoms with Gasteiger partial charge in [0.05, 0.1) is 11.1 Å². The van der Waals surface area contributed by atoms with Gasteiger partial charge in [-0.25, -0.2) is 4.79 Å². The Hall–Kier alpha value is -3.73. The number of hydrogen-bond donors (Lipinski definition) is 0. The molecule has 0 saturated carbocycles. The highest BCUT2D eigenvalue weighted by molar-refractivity contribution is 6.22. The van der Waals surface area contributed by atoms with Crippen molar-refractivity contribution in [2.45, 2.75) is 38.8 Å². The van der Waals surface area contributed by atoms with Crippen molar-refractivity contribution < 1.29 is 19.1 Å². The Morgan fingerprint density at radius 1 is 0.781 bits per heavy atom. The van der Waals surface area contributed by atoms with Gasteiger partial charge < -0.3 is 4.74 Å². The molecule has 162 valence electrons. The fraction of sp³-hybridized carbons (Fsp3) is 0.222. The van der Waals surface area contributed by atoms with Crippen LogP contribution in [0.25, 0.3) is 11.1 Å². The summed E-state index contributed by atoms with van der Waals surface area (Å²) in [5, 5.41) is 0. The smallest absolute Gasteiger partial charge is 0.330 e. The van der Waals surface area contributed by atoms with Gasteiger partial charge in [0.25, 0.3) is 11.8 Å². The molecule has 4 rings (SSSR count). The zero-order valence-electron chi connectivity index (χ0n) is 18.4. The second kappa shape index (κ2) is 8.42. The third-order valence-electron chi connectivity index (χ3n) is 5.31. The second-order valence-electron chi connectivity index (χ2n) is 8.84. The van der Waals surface area contributed by atoms with Crippen LogP contribution < -0.4 is 0 Å². The van der Waals surface area contributed by atoms with E-state index in [0.717, 1.165) is 21.6 Å². The first-order chi connectivity index (χ1) is 15.2. The average molecular weight is 428 g/mol. The van der Waals surface area contributed by atoms with Crippen molar-refractivity contribution in [3.8, 4) is 11.1 Å². The number of rotatable bonds is 5. The molecule has 0 aliphatic carbocycles. The van der Waals surface area contributed by atoms with Crippen LogP contribution in [-0.4, -0.2) is 34.3 Å². The second-order valence-corrected chi connectivity index (χ2v) is 8.84. The molecule has 0 fully saturated rings. The van der Waals surface area contributed by atoms with Crippen LogP contribution in [0.5, 0.6) is 0 Å². The van der Waals surface area contributed by atoms with Crippen LogP contribution in [0, 0.1) is 0 Å². The molecule has 5 nitrogen and oxygen atoms in total. The van der Waals surface area contributed by atoms with Gasteiger partial charge >= 0.3 is 5.97 Å². The Balaban J connectivity index is 1.64. The summed E-state index contributed by atoms with van der Waals surface area (Å²) < 4.78 is 5.59. The maximum Gasteiger partial charge on any atom is 0.330 e. The molecule has 2 amide bonds. The summed E-state index contributed by atoms with van der Waals surface area (Å²) in [6, 6.07) is 23.3. The maximum absolute atomic E-state index is 13.1. The molecule has 0 bridgehead atoms. The molecule has 1 heterocycles. The van der Waals surface area contributed by atoms with Crippen molar-refractivity contribution in [2.24, 2.45) is 0 Å². The van der Waals surface area contributed by atoms with Gasteiger partial charge in [-0.2, -0.15) is 0 Å². The standard InChI is InChI=1S/C27H25NO4/c1-27(2,3)32-26(31)23(28-24(29)21-11-7-8-12-22(21)25(28)30)17-18-13-15-20(16-14-18)19-9-5-4-6-10-19/h4-16,23H,17H2,1-3H3/t23-/m0/s1. The van der Waals surface area contributed by atoms with E-state index in [-0.39, 0.29) is 6.42 Å².